The van der Waals surface area contributed by atoms with Gasteiger partial charge in [-0.1, -0.05) is 60.7 Å². The van der Waals surface area contributed by atoms with Crippen molar-refractivity contribution in [1.82, 2.24) is 15.6 Å². The van der Waals surface area contributed by atoms with E-state index in [2.05, 4.69) is 44.9 Å². The Bertz CT molecular complexity index is 826. The van der Waals surface area contributed by atoms with Crippen molar-refractivity contribution in [2.24, 2.45) is 4.99 Å². The Morgan fingerprint density at radius 1 is 0.926 bits per heavy atom. The zero-order valence-corrected chi connectivity index (χ0v) is 15.3. The second-order valence-corrected chi connectivity index (χ2v) is 6.11. The molecule has 2 N–H and O–H groups in total. The van der Waals surface area contributed by atoms with Crippen LogP contribution in [0.5, 0.6) is 0 Å². The van der Waals surface area contributed by atoms with E-state index in [9.17, 15) is 4.39 Å². The number of hydrogen-bond donors (Lipinski definition) is 2. The smallest absolute Gasteiger partial charge is 0.191 e. The maximum atomic E-state index is 13.7. The number of hydrogen-bond acceptors (Lipinski definition) is 2. The van der Waals surface area contributed by atoms with E-state index < -0.39 is 0 Å². The molecule has 138 valence electrons. The monoisotopic (exact) mass is 362 g/mol. The summed E-state index contributed by atoms with van der Waals surface area (Å²) in [5.41, 5.74) is 2.81. The van der Waals surface area contributed by atoms with Gasteiger partial charge in [-0.05, 0) is 23.3 Å². The van der Waals surface area contributed by atoms with E-state index in [0.717, 1.165) is 0 Å². The van der Waals surface area contributed by atoms with Gasteiger partial charge in [-0.25, -0.2) is 4.39 Å². The van der Waals surface area contributed by atoms with Crippen molar-refractivity contribution in [3.8, 4) is 0 Å². The molecule has 0 unspecified atom stereocenters. The van der Waals surface area contributed by atoms with Crippen LogP contribution in [-0.4, -0.2) is 24.5 Å². The lowest BCUT2D eigenvalue weighted by molar-refractivity contribution is 0.592. The largest absolute Gasteiger partial charge is 0.355 e. The second kappa shape index (κ2) is 9.48. The minimum absolute atomic E-state index is 0.178. The number of pyridine rings is 1. The van der Waals surface area contributed by atoms with Crippen LogP contribution in [0.4, 0.5) is 4.39 Å². The van der Waals surface area contributed by atoms with Crippen LogP contribution >= 0.6 is 0 Å². The van der Waals surface area contributed by atoms with Crippen molar-refractivity contribution in [2.45, 2.75) is 12.5 Å². The van der Waals surface area contributed by atoms with Gasteiger partial charge in [0.05, 0.1) is 12.2 Å². The van der Waals surface area contributed by atoms with Crippen LogP contribution in [0.1, 0.15) is 22.7 Å². The molecule has 0 saturated carbocycles. The molecule has 0 aliphatic carbocycles. The summed E-state index contributed by atoms with van der Waals surface area (Å²) >= 11 is 0. The summed E-state index contributed by atoms with van der Waals surface area (Å²) in [6.45, 7) is 0.937. The zero-order chi connectivity index (χ0) is 18.9. The zero-order valence-electron chi connectivity index (χ0n) is 15.3. The van der Waals surface area contributed by atoms with Crippen LogP contribution in [0.15, 0.2) is 84.0 Å². The third-order valence-corrected chi connectivity index (χ3v) is 4.36. The molecule has 27 heavy (non-hydrogen) atoms. The molecule has 5 heteroatoms. The quantitative estimate of drug-likeness (QED) is 0.519. The Labute approximate surface area is 159 Å². The number of aliphatic imine (C=N–C) groups is 1. The van der Waals surface area contributed by atoms with E-state index in [-0.39, 0.29) is 18.3 Å². The number of aromatic nitrogens is 1. The lowest BCUT2D eigenvalue weighted by atomic mass is 9.91. The normalized spacial score (nSPS) is 11.4. The molecule has 0 saturated heterocycles. The molecule has 2 aromatic carbocycles. The molecule has 0 bridgehead atoms. The number of benzene rings is 2. The summed E-state index contributed by atoms with van der Waals surface area (Å²) in [4.78, 5) is 8.29. The lowest BCUT2D eigenvalue weighted by Gasteiger charge is -2.20. The van der Waals surface area contributed by atoms with Gasteiger partial charge in [-0.2, -0.15) is 0 Å². The van der Waals surface area contributed by atoms with Gasteiger partial charge in [0.25, 0.3) is 0 Å². The molecule has 0 aliphatic rings. The minimum atomic E-state index is -0.327. The average Bonchev–Trinajstić information content (AvgIpc) is 2.73. The Morgan fingerprint density at radius 2 is 1.56 bits per heavy atom. The van der Waals surface area contributed by atoms with Crippen LogP contribution in [0, 0.1) is 5.82 Å². The predicted molar refractivity (Wildman–Crippen MR) is 107 cm³/mol. The topological polar surface area (TPSA) is 49.3 Å². The number of guanidine groups is 1. The first kappa shape index (κ1) is 18.6. The van der Waals surface area contributed by atoms with Crippen molar-refractivity contribution in [3.05, 3.63) is 102 Å². The Kier molecular flexibility index (Phi) is 6.52. The summed E-state index contributed by atoms with van der Waals surface area (Å²) in [5, 5.41) is 6.47. The molecule has 3 rings (SSSR count). The van der Waals surface area contributed by atoms with E-state index in [1.807, 2.05) is 36.4 Å². The van der Waals surface area contributed by atoms with E-state index in [4.69, 9.17) is 0 Å². The highest BCUT2D eigenvalue weighted by Crippen LogP contribution is 2.23. The maximum absolute atomic E-state index is 13.7. The molecule has 0 atom stereocenters. The Hall–Kier alpha value is -3.21. The average molecular weight is 362 g/mol. The summed E-state index contributed by atoms with van der Waals surface area (Å²) in [5.74, 6) is 0.460. The van der Waals surface area contributed by atoms with Gasteiger partial charge in [0.2, 0.25) is 0 Å². The number of rotatable bonds is 6. The minimum Gasteiger partial charge on any atom is -0.355 e. The molecule has 0 amide bonds. The van der Waals surface area contributed by atoms with E-state index in [1.54, 1.807) is 19.3 Å². The van der Waals surface area contributed by atoms with Crippen molar-refractivity contribution >= 4 is 5.96 Å². The fourth-order valence-corrected chi connectivity index (χ4v) is 2.93. The summed E-state index contributed by atoms with van der Waals surface area (Å²) < 4.78 is 13.7. The number of halogens is 1. The predicted octanol–water partition coefficient (Wildman–Crippen LogP) is 3.72. The molecular weight excluding hydrogens is 339 g/mol. The van der Waals surface area contributed by atoms with Gasteiger partial charge < -0.3 is 10.6 Å². The van der Waals surface area contributed by atoms with Crippen LogP contribution in [0.25, 0.3) is 0 Å². The third-order valence-electron chi connectivity index (χ3n) is 4.36. The van der Waals surface area contributed by atoms with Gasteiger partial charge >= 0.3 is 0 Å². The third kappa shape index (κ3) is 5.14. The van der Waals surface area contributed by atoms with E-state index in [0.29, 0.717) is 18.2 Å². The summed E-state index contributed by atoms with van der Waals surface area (Å²) in [6, 6.07) is 23.7. The van der Waals surface area contributed by atoms with Crippen molar-refractivity contribution < 1.29 is 4.39 Å². The van der Waals surface area contributed by atoms with Gasteiger partial charge in [-0.15, -0.1) is 0 Å². The molecule has 0 aliphatic heterocycles. The molecular formula is C22H23FN4. The fraction of sp³-hybridized carbons (Fsp3) is 0.182. The van der Waals surface area contributed by atoms with Crippen LogP contribution in [0.3, 0.4) is 0 Å². The Balaban J connectivity index is 1.68. The molecule has 1 aromatic heterocycles. The second-order valence-electron chi connectivity index (χ2n) is 6.11. The SMILES string of the molecule is CN=C(NCc1ncccc1F)NCC(c1ccccc1)c1ccccc1. The van der Waals surface area contributed by atoms with Crippen LogP contribution in [-0.2, 0) is 6.54 Å². The van der Waals surface area contributed by atoms with Gasteiger partial charge in [-0.3, -0.25) is 9.98 Å². The fourth-order valence-electron chi connectivity index (χ4n) is 2.93. The Morgan fingerprint density at radius 3 is 2.11 bits per heavy atom. The van der Waals surface area contributed by atoms with Gasteiger partial charge in [0.1, 0.15) is 5.82 Å². The molecule has 0 radical (unpaired) electrons. The van der Waals surface area contributed by atoms with E-state index in [1.165, 1.54) is 17.2 Å². The highest BCUT2D eigenvalue weighted by molar-refractivity contribution is 5.79. The maximum Gasteiger partial charge on any atom is 0.191 e. The number of nitrogens with zero attached hydrogens (tertiary/aromatic N) is 2. The van der Waals surface area contributed by atoms with E-state index >= 15 is 0 Å². The highest BCUT2D eigenvalue weighted by Gasteiger charge is 2.14. The molecule has 1 heterocycles. The molecule has 3 aromatic rings. The number of nitrogens with one attached hydrogen (secondary N) is 2. The first-order valence-corrected chi connectivity index (χ1v) is 8.91. The highest BCUT2D eigenvalue weighted by atomic mass is 19.1. The van der Waals surface area contributed by atoms with Crippen molar-refractivity contribution in [3.63, 3.8) is 0 Å². The van der Waals surface area contributed by atoms with Crippen LogP contribution in [0.2, 0.25) is 0 Å². The molecule has 0 spiro atoms. The lowest BCUT2D eigenvalue weighted by Crippen LogP contribution is -2.39. The van der Waals surface area contributed by atoms with Gasteiger partial charge in [0, 0.05) is 25.7 Å². The summed E-state index contributed by atoms with van der Waals surface area (Å²) in [7, 11) is 1.70. The standard InChI is InChI=1S/C22H23FN4/c1-24-22(27-16-21-20(23)13-8-14-25-21)26-15-19(17-9-4-2-5-10-17)18-11-6-3-7-12-18/h2-14,19H,15-16H2,1H3,(H2,24,26,27). The first-order chi connectivity index (χ1) is 13.3. The van der Waals surface area contributed by atoms with Crippen molar-refractivity contribution in [1.29, 1.82) is 0 Å². The van der Waals surface area contributed by atoms with Crippen LogP contribution < -0.4 is 10.6 Å². The molecule has 0 fully saturated rings. The molecule has 4 nitrogen and oxygen atoms in total. The van der Waals surface area contributed by atoms with Gasteiger partial charge in [0.15, 0.2) is 5.96 Å². The first-order valence-electron chi connectivity index (χ1n) is 8.91. The van der Waals surface area contributed by atoms with Crippen molar-refractivity contribution in [2.75, 3.05) is 13.6 Å². The summed E-state index contributed by atoms with van der Waals surface area (Å²) in [6.07, 6.45) is 1.58.